The third kappa shape index (κ3) is 82.7. The van der Waals surface area contributed by atoms with Crippen molar-refractivity contribution in [2.75, 3.05) is 13.2 Å². The van der Waals surface area contributed by atoms with E-state index in [9.17, 15) is 14.7 Å². The van der Waals surface area contributed by atoms with Crippen LogP contribution in [0.2, 0.25) is 0 Å². The zero-order valence-electron chi connectivity index (χ0n) is 63.9. The van der Waals surface area contributed by atoms with Gasteiger partial charge in [-0.2, -0.15) is 0 Å². The minimum atomic E-state index is -0.775. The Bertz CT molecular complexity index is 1860. The standard InChI is InChI=1S/C91H160O5/c1-3-5-7-9-11-13-15-17-19-21-23-25-27-29-31-33-35-37-39-41-43-45-47-49-51-53-55-57-59-61-63-65-67-69-71-73-75-77-79-81-83-85-90(93)95-88-89(87-92)96-91(94)86-84-82-80-78-76-74-72-70-68-66-64-62-60-58-56-54-52-50-48-46-44-42-40-38-36-34-32-30-28-26-24-22-20-18-16-14-12-10-8-6-4-2/h5-8,11-14,17-20,23-26,30,32,36,38,89,92H,3-4,9-10,15-16,21-22,27-29,31,33-35,37,39-88H2,1-2H3/b7-5-,8-6-,13-11-,14-12-,19-17-,20-18-,25-23-,26-24-,32-30-,38-36-. The molecule has 5 heteroatoms. The van der Waals surface area contributed by atoms with Crippen LogP contribution in [0.25, 0.3) is 0 Å². The summed E-state index contributed by atoms with van der Waals surface area (Å²) >= 11 is 0. The molecule has 0 bridgehead atoms. The van der Waals surface area contributed by atoms with Crippen LogP contribution < -0.4 is 0 Å². The second-order valence-electron chi connectivity index (χ2n) is 28.1. The molecule has 96 heavy (non-hydrogen) atoms. The van der Waals surface area contributed by atoms with Crippen molar-refractivity contribution in [1.29, 1.82) is 0 Å². The molecule has 1 N–H and O–H groups in total. The predicted molar refractivity (Wildman–Crippen MR) is 426 cm³/mol. The van der Waals surface area contributed by atoms with Gasteiger partial charge in [0.2, 0.25) is 0 Å². The summed E-state index contributed by atoms with van der Waals surface area (Å²) in [7, 11) is 0. The average molecular weight is 1330 g/mol. The van der Waals surface area contributed by atoms with Crippen LogP contribution in [0.3, 0.4) is 0 Å². The molecule has 1 unspecified atom stereocenters. The number of unbranched alkanes of at least 4 members (excludes halogenated alkanes) is 50. The second-order valence-corrected chi connectivity index (χ2v) is 28.1. The maximum atomic E-state index is 12.4. The molecule has 0 amide bonds. The summed E-state index contributed by atoms with van der Waals surface area (Å²) in [6, 6.07) is 0. The summed E-state index contributed by atoms with van der Waals surface area (Å²) in [5.74, 6) is -0.568. The van der Waals surface area contributed by atoms with E-state index >= 15 is 0 Å². The van der Waals surface area contributed by atoms with Crippen LogP contribution in [0.5, 0.6) is 0 Å². The average Bonchev–Trinajstić information content (AvgIpc) is 3.79. The van der Waals surface area contributed by atoms with Crippen molar-refractivity contribution < 1.29 is 24.2 Å². The number of rotatable bonds is 78. The molecule has 0 saturated heterocycles. The first-order valence-electron chi connectivity index (χ1n) is 42.1. The van der Waals surface area contributed by atoms with Gasteiger partial charge >= 0.3 is 11.9 Å². The van der Waals surface area contributed by atoms with Gasteiger partial charge in [-0.3, -0.25) is 9.59 Å². The van der Waals surface area contributed by atoms with Crippen LogP contribution >= 0.6 is 0 Å². The first-order chi connectivity index (χ1) is 47.6. The molecular weight excluding hydrogens is 1170 g/mol. The minimum absolute atomic E-state index is 0.0623. The summed E-state index contributed by atoms with van der Waals surface area (Å²) in [6.45, 7) is 3.96. The highest BCUT2D eigenvalue weighted by atomic mass is 16.6. The largest absolute Gasteiger partial charge is 0.462 e. The summed E-state index contributed by atoms with van der Waals surface area (Å²) in [5.41, 5.74) is 0. The number of hydrogen-bond acceptors (Lipinski definition) is 5. The Balaban J connectivity index is 3.39. The zero-order valence-corrected chi connectivity index (χ0v) is 63.9. The molecule has 1 atom stereocenters. The van der Waals surface area contributed by atoms with Gasteiger partial charge < -0.3 is 14.6 Å². The van der Waals surface area contributed by atoms with Gasteiger partial charge in [0.25, 0.3) is 0 Å². The van der Waals surface area contributed by atoms with E-state index in [1.54, 1.807) is 0 Å². The van der Waals surface area contributed by atoms with Gasteiger partial charge in [-0.1, -0.05) is 431 Å². The molecule has 0 aromatic carbocycles. The van der Waals surface area contributed by atoms with Gasteiger partial charge in [-0.15, -0.1) is 0 Å². The summed E-state index contributed by atoms with van der Waals surface area (Å²) in [6.07, 6.45) is 126. The molecule has 0 radical (unpaired) electrons. The van der Waals surface area contributed by atoms with Crippen molar-refractivity contribution in [2.24, 2.45) is 0 Å². The highest BCUT2D eigenvalue weighted by Crippen LogP contribution is 2.20. The Kier molecular flexibility index (Phi) is 82.2. The van der Waals surface area contributed by atoms with E-state index in [-0.39, 0.29) is 25.2 Å². The van der Waals surface area contributed by atoms with Gasteiger partial charge in [-0.25, -0.2) is 0 Å². The van der Waals surface area contributed by atoms with Crippen LogP contribution in [0.1, 0.15) is 425 Å². The lowest BCUT2D eigenvalue weighted by molar-refractivity contribution is -0.161. The molecule has 5 nitrogen and oxygen atoms in total. The van der Waals surface area contributed by atoms with Gasteiger partial charge in [0, 0.05) is 12.8 Å². The maximum Gasteiger partial charge on any atom is 0.306 e. The lowest BCUT2D eigenvalue weighted by Crippen LogP contribution is -2.28. The smallest absolute Gasteiger partial charge is 0.306 e. The Hall–Kier alpha value is -3.70. The minimum Gasteiger partial charge on any atom is -0.462 e. The van der Waals surface area contributed by atoms with Crippen molar-refractivity contribution in [1.82, 2.24) is 0 Å². The van der Waals surface area contributed by atoms with E-state index in [2.05, 4.69) is 135 Å². The number of aliphatic hydroxyl groups excluding tert-OH is 1. The van der Waals surface area contributed by atoms with Crippen molar-refractivity contribution in [3.8, 4) is 0 Å². The van der Waals surface area contributed by atoms with Gasteiger partial charge in [0.15, 0.2) is 6.10 Å². The SMILES string of the molecule is CC/C=C\C/C=C\C/C=C\C/C=C\C/C=C\C/C=C\CCCCCCCCCCCCCCCCCCCCCCCCC(=O)OC(CO)COC(=O)CCCCCCCCCCCCCCCCCCCCCCCCCCCCCC/C=C\C/C=C\C/C=C\C/C=C\CC. The maximum absolute atomic E-state index is 12.4. The van der Waals surface area contributed by atoms with Crippen molar-refractivity contribution in [3.05, 3.63) is 122 Å². The molecular formula is C91H160O5. The lowest BCUT2D eigenvalue weighted by Gasteiger charge is -2.15. The van der Waals surface area contributed by atoms with Crippen molar-refractivity contribution in [3.63, 3.8) is 0 Å². The number of esters is 2. The summed E-state index contributed by atoms with van der Waals surface area (Å²) < 4.78 is 10.8. The van der Waals surface area contributed by atoms with Gasteiger partial charge in [0.05, 0.1) is 6.61 Å². The number of aliphatic hydroxyl groups is 1. The fourth-order valence-electron chi connectivity index (χ4n) is 12.6. The molecule has 554 valence electrons. The van der Waals surface area contributed by atoms with E-state index in [4.69, 9.17) is 9.47 Å². The molecule has 0 aliphatic rings. The molecule has 0 rings (SSSR count). The molecule has 0 heterocycles. The normalized spacial score (nSPS) is 12.8. The first-order valence-corrected chi connectivity index (χ1v) is 42.1. The lowest BCUT2D eigenvalue weighted by atomic mass is 10.0. The quantitative estimate of drug-likeness (QED) is 0.0373. The molecule has 0 fully saturated rings. The van der Waals surface area contributed by atoms with Crippen LogP contribution in [-0.2, 0) is 19.1 Å². The Labute approximate surface area is 598 Å². The van der Waals surface area contributed by atoms with Crippen LogP contribution in [-0.4, -0.2) is 36.4 Å². The number of ether oxygens (including phenoxy) is 2. The third-order valence-corrected chi connectivity index (χ3v) is 18.8. The van der Waals surface area contributed by atoms with Crippen LogP contribution in [0, 0.1) is 0 Å². The van der Waals surface area contributed by atoms with E-state index in [0.29, 0.717) is 12.8 Å². The number of allylic oxidation sites excluding steroid dienone is 20. The number of hydrogen-bond donors (Lipinski definition) is 1. The predicted octanol–water partition coefficient (Wildman–Crippen LogP) is 30.0. The second kappa shape index (κ2) is 85.5. The Morgan fingerprint density at radius 1 is 0.240 bits per heavy atom. The zero-order chi connectivity index (χ0) is 69.0. The van der Waals surface area contributed by atoms with Gasteiger partial charge in [0.1, 0.15) is 6.61 Å². The molecule has 0 aliphatic carbocycles. The first kappa shape index (κ1) is 92.3. The molecule has 0 aliphatic heterocycles. The highest BCUT2D eigenvalue weighted by Gasteiger charge is 2.16. The number of carbonyl (C=O) groups excluding carboxylic acids is 2. The molecule has 0 spiro atoms. The van der Waals surface area contributed by atoms with E-state index in [1.807, 2.05) is 0 Å². The summed E-state index contributed by atoms with van der Waals surface area (Å²) in [5, 5.41) is 9.74. The Morgan fingerprint density at radius 3 is 0.625 bits per heavy atom. The Morgan fingerprint density at radius 2 is 0.417 bits per heavy atom. The van der Waals surface area contributed by atoms with E-state index in [1.165, 1.54) is 295 Å². The summed E-state index contributed by atoms with van der Waals surface area (Å²) in [4.78, 5) is 24.8. The van der Waals surface area contributed by atoms with E-state index < -0.39 is 6.10 Å². The molecule has 0 saturated carbocycles. The van der Waals surface area contributed by atoms with E-state index in [0.717, 1.165) is 103 Å². The van der Waals surface area contributed by atoms with Crippen LogP contribution in [0.15, 0.2) is 122 Å². The third-order valence-electron chi connectivity index (χ3n) is 18.8. The highest BCUT2D eigenvalue weighted by molar-refractivity contribution is 5.70. The van der Waals surface area contributed by atoms with Crippen molar-refractivity contribution in [2.45, 2.75) is 431 Å². The van der Waals surface area contributed by atoms with Gasteiger partial charge in [-0.05, 0) is 103 Å². The molecule has 0 aromatic heterocycles. The monoisotopic (exact) mass is 1330 g/mol. The van der Waals surface area contributed by atoms with Crippen molar-refractivity contribution >= 4 is 11.9 Å². The topological polar surface area (TPSA) is 72.8 Å². The fourth-order valence-corrected chi connectivity index (χ4v) is 12.6. The fraction of sp³-hybridized carbons (Fsp3) is 0.758. The van der Waals surface area contributed by atoms with Crippen LogP contribution in [0.4, 0.5) is 0 Å². The number of carbonyl (C=O) groups is 2. The molecule has 0 aromatic rings.